The Bertz CT molecular complexity index is 843. The predicted octanol–water partition coefficient (Wildman–Crippen LogP) is 2.09. The SMILES string of the molecule is O=C(c1cnc(O[C@H]2CCOC2)c(Cl)c1)N1CCN(C(=O)c2ccco2)CC1. The molecule has 2 aliphatic heterocycles. The highest BCUT2D eigenvalue weighted by molar-refractivity contribution is 6.32. The largest absolute Gasteiger partial charge is 0.471 e. The molecule has 0 saturated carbocycles. The molecule has 8 nitrogen and oxygen atoms in total. The maximum absolute atomic E-state index is 12.8. The highest BCUT2D eigenvalue weighted by Crippen LogP contribution is 2.26. The summed E-state index contributed by atoms with van der Waals surface area (Å²) in [6.45, 7) is 2.92. The van der Waals surface area contributed by atoms with E-state index in [9.17, 15) is 9.59 Å². The number of nitrogens with zero attached hydrogens (tertiary/aromatic N) is 3. The third-order valence-corrected chi connectivity index (χ3v) is 5.08. The number of hydrogen-bond acceptors (Lipinski definition) is 6. The van der Waals surface area contributed by atoms with Gasteiger partial charge in [-0.3, -0.25) is 9.59 Å². The third-order valence-electron chi connectivity index (χ3n) is 4.81. The second-order valence-electron chi connectivity index (χ2n) is 6.68. The summed E-state index contributed by atoms with van der Waals surface area (Å²) in [7, 11) is 0. The molecule has 0 N–H and O–H groups in total. The fraction of sp³-hybridized carbons (Fsp3) is 0.421. The number of rotatable bonds is 4. The zero-order valence-corrected chi connectivity index (χ0v) is 15.9. The van der Waals surface area contributed by atoms with E-state index in [0.29, 0.717) is 61.6 Å². The Morgan fingerprint density at radius 2 is 1.93 bits per heavy atom. The molecule has 0 spiro atoms. The lowest BCUT2D eigenvalue weighted by atomic mass is 10.2. The van der Waals surface area contributed by atoms with Gasteiger partial charge in [-0.05, 0) is 18.2 Å². The summed E-state index contributed by atoms with van der Waals surface area (Å²) in [5.41, 5.74) is 0.394. The van der Waals surface area contributed by atoms with Gasteiger partial charge in [0, 0.05) is 38.8 Å². The molecule has 2 fully saturated rings. The molecule has 0 bridgehead atoms. The van der Waals surface area contributed by atoms with Crippen LogP contribution < -0.4 is 4.74 Å². The Morgan fingerprint density at radius 3 is 2.54 bits per heavy atom. The van der Waals surface area contributed by atoms with Crippen molar-refractivity contribution in [1.29, 1.82) is 0 Å². The molecule has 9 heteroatoms. The van der Waals surface area contributed by atoms with Gasteiger partial charge in [-0.2, -0.15) is 0 Å². The zero-order valence-electron chi connectivity index (χ0n) is 15.2. The number of amides is 2. The van der Waals surface area contributed by atoms with Crippen LogP contribution in [0.25, 0.3) is 0 Å². The average molecular weight is 406 g/mol. The van der Waals surface area contributed by atoms with Crippen LogP contribution in [0.2, 0.25) is 5.02 Å². The number of hydrogen-bond donors (Lipinski definition) is 0. The number of aromatic nitrogens is 1. The summed E-state index contributed by atoms with van der Waals surface area (Å²) in [5.74, 6) is 0.274. The molecular formula is C19H20ClN3O5. The maximum atomic E-state index is 12.8. The minimum atomic E-state index is -0.171. The van der Waals surface area contributed by atoms with E-state index in [1.165, 1.54) is 12.5 Å². The van der Waals surface area contributed by atoms with E-state index in [4.69, 9.17) is 25.5 Å². The lowest BCUT2D eigenvalue weighted by molar-refractivity contribution is 0.0518. The Morgan fingerprint density at radius 1 is 1.18 bits per heavy atom. The van der Waals surface area contributed by atoms with Gasteiger partial charge in [-0.1, -0.05) is 11.6 Å². The Kier molecular flexibility index (Phi) is 5.50. The highest BCUT2D eigenvalue weighted by atomic mass is 35.5. The van der Waals surface area contributed by atoms with Crippen LogP contribution in [0.15, 0.2) is 35.1 Å². The Labute approximate surface area is 167 Å². The first-order chi connectivity index (χ1) is 13.6. The fourth-order valence-corrected chi connectivity index (χ4v) is 3.45. The summed E-state index contributed by atoms with van der Waals surface area (Å²) < 4.78 is 16.1. The van der Waals surface area contributed by atoms with E-state index in [0.717, 1.165) is 6.42 Å². The minimum absolute atomic E-state index is 0.0636. The van der Waals surface area contributed by atoms with Gasteiger partial charge >= 0.3 is 0 Å². The van der Waals surface area contributed by atoms with Crippen molar-refractivity contribution in [3.8, 4) is 5.88 Å². The van der Waals surface area contributed by atoms with E-state index in [2.05, 4.69) is 4.98 Å². The van der Waals surface area contributed by atoms with Crippen LogP contribution >= 0.6 is 11.6 Å². The quantitative estimate of drug-likeness (QED) is 0.774. The fourth-order valence-electron chi connectivity index (χ4n) is 3.24. The lowest BCUT2D eigenvalue weighted by Gasteiger charge is -2.34. The van der Waals surface area contributed by atoms with Crippen LogP contribution in [0.1, 0.15) is 27.3 Å². The molecule has 0 radical (unpaired) electrons. The van der Waals surface area contributed by atoms with Crippen molar-refractivity contribution in [1.82, 2.24) is 14.8 Å². The molecule has 2 saturated heterocycles. The lowest BCUT2D eigenvalue weighted by Crippen LogP contribution is -2.50. The van der Waals surface area contributed by atoms with Crippen LogP contribution in [0.5, 0.6) is 5.88 Å². The topological polar surface area (TPSA) is 85.1 Å². The average Bonchev–Trinajstić information content (AvgIpc) is 3.43. The Hall–Kier alpha value is -2.58. The van der Waals surface area contributed by atoms with E-state index >= 15 is 0 Å². The van der Waals surface area contributed by atoms with Crippen LogP contribution in [-0.4, -0.2) is 72.1 Å². The van der Waals surface area contributed by atoms with Gasteiger partial charge in [0.2, 0.25) is 5.88 Å². The van der Waals surface area contributed by atoms with Crippen LogP contribution in [0.4, 0.5) is 0 Å². The van der Waals surface area contributed by atoms with Crippen LogP contribution in [-0.2, 0) is 4.74 Å². The molecule has 1 atom stereocenters. The zero-order chi connectivity index (χ0) is 19.5. The second-order valence-corrected chi connectivity index (χ2v) is 7.08. The number of carbonyl (C=O) groups excluding carboxylic acids is 2. The van der Waals surface area contributed by atoms with Crippen molar-refractivity contribution in [3.63, 3.8) is 0 Å². The van der Waals surface area contributed by atoms with Crippen molar-refractivity contribution < 1.29 is 23.5 Å². The number of halogens is 1. The van der Waals surface area contributed by atoms with Gasteiger partial charge in [0.1, 0.15) is 11.1 Å². The highest BCUT2D eigenvalue weighted by Gasteiger charge is 2.27. The first-order valence-corrected chi connectivity index (χ1v) is 9.51. The number of pyridine rings is 1. The first kappa shape index (κ1) is 18.8. The van der Waals surface area contributed by atoms with Crippen LogP contribution in [0.3, 0.4) is 0 Å². The summed E-state index contributed by atoms with van der Waals surface area (Å²) >= 11 is 6.25. The molecule has 2 aromatic rings. The third kappa shape index (κ3) is 3.98. The monoisotopic (exact) mass is 405 g/mol. The molecular weight excluding hydrogens is 386 g/mol. The molecule has 2 amide bonds. The molecule has 4 rings (SSSR count). The number of ether oxygens (including phenoxy) is 2. The summed E-state index contributed by atoms with van der Waals surface area (Å²) in [6, 6.07) is 4.88. The first-order valence-electron chi connectivity index (χ1n) is 9.14. The van der Waals surface area contributed by atoms with Gasteiger partial charge in [0.15, 0.2) is 5.76 Å². The van der Waals surface area contributed by atoms with Crippen molar-refractivity contribution >= 4 is 23.4 Å². The van der Waals surface area contributed by atoms with Crippen molar-refractivity contribution in [2.45, 2.75) is 12.5 Å². The van der Waals surface area contributed by atoms with E-state index in [1.807, 2.05) is 0 Å². The summed E-state index contributed by atoms with van der Waals surface area (Å²) in [6.07, 6.45) is 3.67. The minimum Gasteiger partial charge on any atom is -0.471 e. The van der Waals surface area contributed by atoms with Gasteiger partial charge < -0.3 is 23.7 Å². The van der Waals surface area contributed by atoms with E-state index < -0.39 is 0 Å². The molecule has 2 aliphatic rings. The Balaban J connectivity index is 1.36. The molecule has 148 valence electrons. The summed E-state index contributed by atoms with van der Waals surface area (Å²) in [4.78, 5) is 32.6. The van der Waals surface area contributed by atoms with Crippen molar-refractivity contribution in [3.05, 3.63) is 47.0 Å². The number of piperazine rings is 1. The molecule has 0 aliphatic carbocycles. The molecule has 4 heterocycles. The second kappa shape index (κ2) is 8.20. The van der Waals surface area contributed by atoms with Gasteiger partial charge in [-0.25, -0.2) is 4.98 Å². The number of carbonyl (C=O) groups is 2. The van der Waals surface area contributed by atoms with Gasteiger partial charge in [-0.15, -0.1) is 0 Å². The standard InChI is InChI=1S/C19H20ClN3O5/c20-15-10-13(11-21-17(15)28-14-3-9-26-12-14)18(24)22-4-6-23(7-5-22)19(25)16-2-1-8-27-16/h1-2,8,10-11,14H,3-7,9,12H2/t14-/m0/s1. The molecule has 0 aromatic carbocycles. The normalized spacial score (nSPS) is 19.7. The van der Waals surface area contributed by atoms with E-state index in [1.54, 1.807) is 28.0 Å². The molecule has 2 aromatic heterocycles. The predicted molar refractivity (Wildman–Crippen MR) is 99.6 cm³/mol. The molecule has 0 unspecified atom stereocenters. The molecule has 28 heavy (non-hydrogen) atoms. The van der Waals surface area contributed by atoms with Gasteiger partial charge in [0.25, 0.3) is 11.8 Å². The van der Waals surface area contributed by atoms with Crippen molar-refractivity contribution in [2.24, 2.45) is 0 Å². The van der Waals surface area contributed by atoms with E-state index in [-0.39, 0.29) is 17.9 Å². The van der Waals surface area contributed by atoms with Gasteiger partial charge in [0.05, 0.1) is 25.0 Å². The van der Waals surface area contributed by atoms with Crippen LogP contribution in [0, 0.1) is 0 Å². The summed E-state index contributed by atoms with van der Waals surface area (Å²) in [5, 5.41) is 0.296. The number of furan rings is 1. The smallest absolute Gasteiger partial charge is 0.289 e. The van der Waals surface area contributed by atoms with Crippen molar-refractivity contribution in [2.75, 3.05) is 39.4 Å². The maximum Gasteiger partial charge on any atom is 0.289 e.